The van der Waals surface area contributed by atoms with Gasteiger partial charge in [0, 0.05) is 24.4 Å². The number of nitrogens with two attached hydrogens (primary N) is 1. The van der Waals surface area contributed by atoms with Crippen molar-refractivity contribution in [3.05, 3.63) is 0 Å². The highest BCUT2D eigenvalue weighted by Gasteiger charge is 2.31. The van der Waals surface area contributed by atoms with Gasteiger partial charge in [-0.2, -0.15) is 0 Å². The second-order valence-electron chi connectivity index (χ2n) is 6.37. The molecule has 0 heterocycles. The van der Waals surface area contributed by atoms with Gasteiger partial charge in [0.1, 0.15) is 0 Å². The van der Waals surface area contributed by atoms with Crippen LogP contribution in [0.4, 0.5) is 0 Å². The van der Waals surface area contributed by atoms with E-state index in [-0.39, 0.29) is 23.3 Å². The first-order valence-electron chi connectivity index (χ1n) is 7.12. The van der Waals surface area contributed by atoms with E-state index in [4.69, 9.17) is 5.73 Å². The molecule has 1 saturated carbocycles. The molecular weight excluding hydrogens is 242 g/mol. The minimum absolute atomic E-state index is 0.0328. The Kier molecular flexibility index (Phi) is 5.79. The number of hydrogen-bond acceptors (Lipinski definition) is 3. The standard InChI is InChI=1S/C14H27N3O2/c1-14(2,3)17-12(18)7-8-16-13(19)11-6-4-5-10(11)9-15/h10-11H,4-9,15H2,1-3H3,(H,16,19)(H,17,18)/t10-,11-/m1/s1. The van der Waals surface area contributed by atoms with E-state index in [9.17, 15) is 9.59 Å². The number of nitrogens with one attached hydrogen (secondary N) is 2. The van der Waals surface area contributed by atoms with E-state index >= 15 is 0 Å². The van der Waals surface area contributed by atoms with Crippen LogP contribution in [0.15, 0.2) is 0 Å². The molecule has 0 radical (unpaired) electrons. The zero-order valence-electron chi connectivity index (χ0n) is 12.3. The minimum Gasteiger partial charge on any atom is -0.355 e. The Morgan fingerprint density at radius 3 is 2.53 bits per heavy atom. The Morgan fingerprint density at radius 2 is 1.95 bits per heavy atom. The summed E-state index contributed by atoms with van der Waals surface area (Å²) in [4.78, 5) is 23.6. The molecule has 2 atom stereocenters. The molecule has 5 nitrogen and oxygen atoms in total. The molecule has 2 amide bonds. The van der Waals surface area contributed by atoms with E-state index in [0.717, 1.165) is 19.3 Å². The van der Waals surface area contributed by atoms with Crippen molar-refractivity contribution >= 4 is 11.8 Å². The molecule has 1 aliphatic rings. The lowest BCUT2D eigenvalue weighted by atomic mass is 9.95. The summed E-state index contributed by atoms with van der Waals surface area (Å²) in [5.41, 5.74) is 5.44. The highest BCUT2D eigenvalue weighted by molar-refractivity contribution is 5.81. The van der Waals surface area contributed by atoms with Crippen molar-refractivity contribution in [1.82, 2.24) is 10.6 Å². The van der Waals surface area contributed by atoms with Crippen molar-refractivity contribution in [3.8, 4) is 0 Å². The first-order valence-corrected chi connectivity index (χ1v) is 7.12. The number of carbonyl (C=O) groups excluding carboxylic acids is 2. The molecule has 19 heavy (non-hydrogen) atoms. The van der Waals surface area contributed by atoms with Gasteiger partial charge >= 0.3 is 0 Å². The predicted octanol–water partition coefficient (Wildman–Crippen LogP) is 0.782. The van der Waals surface area contributed by atoms with E-state index in [0.29, 0.717) is 25.4 Å². The largest absolute Gasteiger partial charge is 0.355 e. The third-order valence-electron chi connectivity index (χ3n) is 3.46. The zero-order valence-corrected chi connectivity index (χ0v) is 12.3. The van der Waals surface area contributed by atoms with Crippen LogP contribution in [0.1, 0.15) is 46.5 Å². The van der Waals surface area contributed by atoms with E-state index < -0.39 is 0 Å². The van der Waals surface area contributed by atoms with E-state index in [1.807, 2.05) is 20.8 Å². The maximum absolute atomic E-state index is 12.0. The summed E-state index contributed by atoms with van der Waals surface area (Å²) in [7, 11) is 0. The van der Waals surface area contributed by atoms with Crippen LogP contribution in [-0.4, -0.2) is 30.4 Å². The average molecular weight is 269 g/mol. The Bertz CT molecular complexity index is 323. The summed E-state index contributed by atoms with van der Waals surface area (Å²) in [5, 5.41) is 5.72. The predicted molar refractivity (Wildman–Crippen MR) is 75.4 cm³/mol. The lowest BCUT2D eigenvalue weighted by molar-refractivity contribution is -0.126. The van der Waals surface area contributed by atoms with Gasteiger partial charge in [0.05, 0.1) is 0 Å². The van der Waals surface area contributed by atoms with Crippen LogP contribution < -0.4 is 16.4 Å². The van der Waals surface area contributed by atoms with Gasteiger partial charge in [-0.25, -0.2) is 0 Å². The van der Waals surface area contributed by atoms with Crippen LogP contribution in [0, 0.1) is 11.8 Å². The summed E-state index contributed by atoms with van der Waals surface area (Å²) < 4.78 is 0. The van der Waals surface area contributed by atoms with Gasteiger partial charge in [0.15, 0.2) is 0 Å². The number of hydrogen-bond donors (Lipinski definition) is 3. The average Bonchev–Trinajstić information content (AvgIpc) is 2.74. The highest BCUT2D eigenvalue weighted by atomic mass is 16.2. The van der Waals surface area contributed by atoms with Crippen molar-refractivity contribution in [2.75, 3.05) is 13.1 Å². The highest BCUT2D eigenvalue weighted by Crippen LogP contribution is 2.30. The Balaban J connectivity index is 2.25. The zero-order chi connectivity index (χ0) is 14.5. The van der Waals surface area contributed by atoms with Gasteiger partial charge in [-0.05, 0) is 46.1 Å². The molecule has 110 valence electrons. The van der Waals surface area contributed by atoms with E-state index in [1.165, 1.54) is 0 Å². The molecule has 0 aromatic heterocycles. The molecule has 4 N–H and O–H groups in total. The van der Waals surface area contributed by atoms with Crippen molar-refractivity contribution in [3.63, 3.8) is 0 Å². The smallest absolute Gasteiger partial charge is 0.223 e. The molecular formula is C14H27N3O2. The summed E-state index contributed by atoms with van der Waals surface area (Å²) in [6, 6.07) is 0. The van der Waals surface area contributed by atoms with Crippen molar-refractivity contribution in [1.29, 1.82) is 0 Å². The molecule has 1 rings (SSSR count). The van der Waals surface area contributed by atoms with Crippen LogP contribution in [0.5, 0.6) is 0 Å². The van der Waals surface area contributed by atoms with E-state index in [1.54, 1.807) is 0 Å². The SMILES string of the molecule is CC(C)(C)NC(=O)CCNC(=O)[C@@H]1CCC[C@@H]1CN. The molecule has 5 heteroatoms. The van der Waals surface area contributed by atoms with Crippen LogP contribution in [0.3, 0.4) is 0 Å². The van der Waals surface area contributed by atoms with Gasteiger partial charge in [0.2, 0.25) is 11.8 Å². The van der Waals surface area contributed by atoms with E-state index in [2.05, 4.69) is 10.6 Å². The van der Waals surface area contributed by atoms with Crippen molar-refractivity contribution < 1.29 is 9.59 Å². The molecule has 0 aliphatic heterocycles. The van der Waals surface area contributed by atoms with Gasteiger partial charge in [0.25, 0.3) is 0 Å². The molecule has 0 spiro atoms. The maximum Gasteiger partial charge on any atom is 0.223 e. The first kappa shape index (κ1) is 16.0. The van der Waals surface area contributed by atoms with Crippen molar-refractivity contribution in [2.45, 2.75) is 52.0 Å². The van der Waals surface area contributed by atoms with Gasteiger partial charge in [-0.15, -0.1) is 0 Å². The molecule has 0 unspecified atom stereocenters. The minimum atomic E-state index is -0.225. The Hall–Kier alpha value is -1.10. The quantitative estimate of drug-likeness (QED) is 0.689. The fourth-order valence-electron chi connectivity index (χ4n) is 2.58. The fourth-order valence-corrected chi connectivity index (χ4v) is 2.58. The summed E-state index contributed by atoms with van der Waals surface area (Å²) in [5.74, 6) is 0.366. The topological polar surface area (TPSA) is 84.2 Å². The Labute approximate surface area is 115 Å². The Morgan fingerprint density at radius 1 is 1.26 bits per heavy atom. The van der Waals surface area contributed by atoms with Crippen LogP contribution in [-0.2, 0) is 9.59 Å². The third kappa shape index (κ3) is 5.59. The van der Waals surface area contributed by atoms with Gasteiger partial charge in [-0.1, -0.05) is 6.42 Å². The number of rotatable bonds is 5. The second-order valence-corrected chi connectivity index (χ2v) is 6.37. The fraction of sp³-hybridized carbons (Fsp3) is 0.857. The molecule has 0 aromatic rings. The lowest BCUT2D eigenvalue weighted by Gasteiger charge is -2.21. The van der Waals surface area contributed by atoms with Crippen LogP contribution in [0.25, 0.3) is 0 Å². The molecule has 0 saturated heterocycles. The van der Waals surface area contributed by atoms with Gasteiger partial charge in [-0.3, -0.25) is 9.59 Å². The molecule has 1 aliphatic carbocycles. The van der Waals surface area contributed by atoms with Crippen molar-refractivity contribution in [2.24, 2.45) is 17.6 Å². The molecule has 1 fully saturated rings. The van der Waals surface area contributed by atoms with Crippen LogP contribution in [0.2, 0.25) is 0 Å². The molecule has 0 aromatic carbocycles. The lowest BCUT2D eigenvalue weighted by Crippen LogP contribution is -2.42. The summed E-state index contributed by atoms with van der Waals surface area (Å²) >= 11 is 0. The molecule has 0 bridgehead atoms. The summed E-state index contributed by atoms with van der Waals surface area (Å²) in [6.07, 6.45) is 3.36. The monoisotopic (exact) mass is 269 g/mol. The second kappa shape index (κ2) is 6.89. The summed E-state index contributed by atoms with van der Waals surface area (Å²) in [6.45, 7) is 6.78. The van der Waals surface area contributed by atoms with Gasteiger partial charge < -0.3 is 16.4 Å². The number of amides is 2. The third-order valence-corrected chi connectivity index (χ3v) is 3.46. The first-order chi connectivity index (χ1) is 8.83. The normalized spacial score (nSPS) is 23.2. The number of carbonyl (C=O) groups is 2. The van der Waals surface area contributed by atoms with Crippen LogP contribution >= 0.6 is 0 Å². The maximum atomic E-state index is 12.0.